The number of hydrogen-bond donors (Lipinski definition) is 0. The Morgan fingerprint density at radius 2 is 0.938 bits per heavy atom. The number of rotatable bonds is 15. The Hall–Kier alpha value is -1.30. The predicted octanol–water partition coefficient (Wildman–Crippen LogP) is 6.50. The van der Waals surface area contributed by atoms with Gasteiger partial charge in [0, 0.05) is 13.1 Å². The minimum Gasteiger partial charge on any atom is -0.307 e. The molecule has 0 aliphatic heterocycles. The first kappa shape index (κ1) is 26.9. The fraction of sp³-hybridized carbons (Fsp3) is 0.478. The van der Waals surface area contributed by atoms with Crippen LogP contribution in [0.5, 0.6) is 0 Å². The minimum absolute atomic E-state index is 0.135. The minimum atomic E-state index is -3.93. The number of nitrogens with zero attached hydrogens (tertiary/aromatic N) is 1. The van der Waals surface area contributed by atoms with Crippen LogP contribution in [0.1, 0.15) is 38.8 Å². The summed E-state index contributed by atoms with van der Waals surface area (Å²) in [6, 6.07) is 19.4. The molecule has 0 aromatic heterocycles. The van der Waals surface area contributed by atoms with E-state index >= 15 is 0 Å². The third kappa shape index (κ3) is 7.36. The van der Waals surface area contributed by atoms with Crippen molar-refractivity contribution >= 4 is 15.2 Å². The van der Waals surface area contributed by atoms with Gasteiger partial charge in [-0.05, 0) is 38.8 Å². The Morgan fingerprint density at radius 1 is 0.625 bits per heavy atom. The normalized spacial score (nSPS) is 12.6. The molecule has 9 heteroatoms. The van der Waals surface area contributed by atoms with E-state index in [1.165, 1.54) is 0 Å². The van der Waals surface area contributed by atoms with Crippen LogP contribution in [0.2, 0.25) is 0 Å². The molecule has 0 fully saturated rings. The van der Waals surface area contributed by atoms with E-state index in [2.05, 4.69) is 0 Å². The van der Waals surface area contributed by atoms with Gasteiger partial charge in [-0.3, -0.25) is 14.0 Å². The summed E-state index contributed by atoms with van der Waals surface area (Å²) in [6.07, 6.45) is 0. The molecular formula is C23H35NO6P2. The van der Waals surface area contributed by atoms with Crippen LogP contribution in [0.15, 0.2) is 60.7 Å². The Kier molecular flexibility index (Phi) is 11.3. The molecule has 0 amide bonds. The fourth-order valence-electron chi connectivity index (χ4n) is 3.49. The van der Waals surface area contributed by atoms with Crippen LogP contribution in [0.4, 0.5) is 0 Å². The van der Waals surface area contributed by atoms with Gasteiger partial charge < -0.3 is 18.1 Å². The van der Waals surface area contributed by atoms with Gasteiger partial charge in [-0.25, -0.2) is 0 Å². The first-order valence-electron chi connectivity index (χ1n) is 11.0. The lowest BCUT2D eigenvalue weighted by Crippen LogP contribution is -2.36. The molecule has 0 bridgehead atoms. The molecule has 0 atom stereocenters. The maximum atomic E-state index is 14.1. The molecule has 2 rings (SSSR count). The number of benzene rings is 2. The average Bonchev–Trinajstić information content (AvgIpc) is 2.76. The van der Waals surface area contributed by atoms with E-state index in [9.17, 15) is 9.13 Å². The van der Waals surface area contributed by atoms with Crippen molar-refractivity contribution in [2.24, 2.45) is 0 Å². The highest BCUT2D eigenvalue weighted by Gasteiger charge is 2.54. The van der Waals surface area contributed by atoms with Crippen molar-refractivity contribution < 1.29 is 27.2 Å². The Morgan fingerprint density at radius 3 is 1.22 bits per heavy atom. The summed E-state index contributed by atoms with van der Waals surface area (Å²) in [5, 5.41) is 0. The lowest BCUT2D eigenvalue weighted by Gasteiger charge is -2.38. The van der Waals surface area contributed by atoms with Crippen LogP contribution in [0.25, 0.3) is 0 Å². The molecule has 0 spiro atoms. The molecule has 0 unspecified atom stereocenters. The molecular weight excluding hydrogens is 448 g/mol. The third-order valence-corrected chi connectivity index (χ3v) is 10.5. The van der Waals surface area contributed by atoms with E-state index in [0.29, 0.717) is 13.1 Å². The first-order chi connectivity index (χ1) is 15.4. The Labute approximate surface area is 192 Å². The van der Waals surface area contributed by atoms with Gasteiger partial charge in [0.05, 0.1) is 26.4 Å². The first-order valence-corrected chi connectivity index (χ1v) is 14.2. The summed E-state index contributed by atoms with van der Waals surface area (Å²) < 4.78 is 51.0. The van der Waals surface area contributed by atoms with E-state index < -0.39 is 20.7 Å². The quantitative estimate of drug-likeness (QED) is 0.268. The van der Waals surface area contributed by atoms with Crippen molar-refractivity contribution in [2.75, 3.05) is 26.4 Å². The van der Waals surface area contributed by atoms with E-state index in [4.69, 9.17) is 18.1 Å². The summed E-state index contributed by atoms with van der Waals surface area (Å²) in [6.45, 7) is 8.17. The van der Waals surface area contributed by atoms with Crippen LogP contribution < -0.4 is 0 Å². The molecule has 0 aliphatic rings. The van der Waals surface area contributed by atoms with Gasteiger partial charge in [0.2, 0.25) is 5.52 Å². The third-order valence-electron chi connectivity index (χ3n) is 4.59. The van der Waals surface area contributed by atoms with Gasteiger partial charge in [0.1, 0.15) is 0 Å². The second-order valence-corrected chi connectivity index (χ2v) is 11.6. The van der Waals surface area contributed by atoms with E-state index in [1.807, 2.05) is 65.6 Å². The van der Waals surface area contributed by atoms with Crippen LogP contribution in [-0.2, 0) is 40.3 Å². The van der Waals surface area contributed by atoms with Crippen molar-refractivity contribution in [3.63, 3.8) is 0 Å². The van der Waals surface area contributed by atoms with E-state index in [-0.39, 0.29) is 26.4 Å². The summed E-state index contributed by atoms with van der Waals surface area (Å²) in [5.41, 5.74) is 0.704. The van der Waals surface area contributed by atoms with E-state index in [0.717, 1.165) is 11.1 Å². The molecule has 0 aliphatic carbocycles. The largest absolute Gasteiger partial charge is 0.360 e. The Balaban J connectivity index is 2.64. The highest BCUT2D eigenvalue weighted by molar-refractivity contribution is 7.72. The van der Waals surface area contributed by atoms with Crippen LogP contribution in [0.3, 0.4) is 0 Å². The van der Waals surface area contributed by atoms with Crippen molar-refractivity contribution in [3.05, 3.63) is 71.8 Å². The summed E-state index contributed by atoms with van der Waals surface area (Å²) in [5.74, 6) is 0. The van der Waals surface area contributed by atoms with Crippen LogP contribution in [-0.4, -0.2) is 36.9 Å². The molecule has 32 heavy (non-hydrogen) atoms. The molecule has 0 radical (unpaired) electrons. The smallest absolute Gasteiger partial charge is 0.307 e. The highest BCUT2D eigenvalue weighted by atomic mass is 31.2. The lowest BCUT2D eigenvalue weighted by atomic mass is 10.2. The van der Waals surface area contributed by atoms with Crippen molar-refractivity contribution in [1.29, 1.82) is 0 Å². The van der Waals surface area contributed by atoms with Gasteiger partial charge in [0.15, 0.2) is 0 Å². The maximum Gasteiger partial charge on any atom is 0.360 e. The highest BCUT2D eigenvalue weighted by Crippen LogP contribution is 2.71. The van der Waals surface area contributed by atoms with Gasteiger partial charge >= 0.3 is 15.2 Å². The zero-order chi connectivity index (χ0) is 23.5. The maximum absolute atomic E-state index is 14.1. The SMILES string of the molecule is CCOP(=O)(OCC)C(N(Cc1ccccc1)Cc1ccccc1)P(=O)(OCC)OCC. The summed E-state index contributed by atoms with van der Waals surface area (Å²) in [4.78, 5) is 1.84. The zero-order valence-corrected chi connectivity index (χ0v) is 21.2. The fourth-order valence-corrected chi connectivity index (χ4v) is 8.92. The zero-order valence-electron chi connectivity index (χ0n) is 19.4. The van der Waals surface area contributed by atoms with Crippen molar-refractivity contribution in [1.82, 2.24) is 4.90 Å². The predicted molar refractivity (Wildman–Crippen MR) is 128 cm³/mol. The second kappa shape index (κ2) is 13.4. The topological polar surface area (TPSA) is 74.3 Å². The Bertz CT molecular complexity index is 789. The van der Waals surface area contributed by atoms with E-state index in [1.54, 1.807) is 27.7 Å². The molecule has 2 aromatic rings. The standard InChI is InChI=1S/C23H35NO6P2/c1-5-27-31(25,28-6-2)23(32(26,29-7-3)30-8-4)24(19-21-15-11-9-12-16-21)20-22-17-13-10-14-18-22/h9-18,23H,5-8,19-20H2,1-4H3. The lowest BCUT2D eigenvalue weighted by molar-refractivity contribution is 0.145. The second-order valence-electron chi connectivity index (χ2n) is 6.97. The molecule has 0 N–H and O–H groups in total. The van der Waals surface area contributed by atoms with Gasteiger partial charge in [-0.15, -0.1) is 0 Å². The molecule has 2 aromatic carbocycles. The molecule has 178 valence electrons. The van der Waals surface area contributed by atoms with Crippen LogP contribution in [0, 0.1) is 0 Å². The van der Waals surface area contributed by atoms with Crippen molar-refractivity contribution in [2.45, 2.75) is 46.3 Å². The van der Waals surface area contributed by atoms with Gasteiger partial charge in [0.25, 0.3) is 0 Å². The van der Waals surface area contributed by atoms with Crippen molar-refractivity contribution in [3.8, 4) is 0 Å². The molecule has 0 heterocycles. The summed E-state index contributed by atoms with van der Waals surface area (Å²) in [7, 11) is -7.86. The molecule has 0 saturated carbocycles. The average molecular weight is 483 g/mol. The van der Waals surface area contributed by atoms with Gasteiger partial charge in [-0.2, -0.15) is 0 Å². The molecule has 0 saturated heterocycles. The molecule has 7 nitrogen and oxygen atoms in total. The summed E-state index contributed by atoms with van der Waals surface area (Å²) >= 11 is 0. The van der Waals surface area contributed by atoms with Crippen LogP contribution >= 0.6 is 15.2 Å². The monoisotopic (exact) mass is 483 g/mol. The number of hydrogen-bond acceptors (Lipinski definition) is 7. The van der Waals surface area contributed by atoms with Gasteiger partial charge in [-0.1, -0.05) is 60.7 Å².